The Kier molecular flexibility index (Phi) is 5.15. The Labute approximate surface area is 119 Å². The molecule has 0 unspecified atom stereocenters. The quantitative estimate of drug-likeness (QED) is 0.771. The zero-order valence-electron chi connectivity index (χ0n) is 11.2. The van der Waals surface area contributed by atoms with E-state index in [1.54, 1.807) is 6.07 Å². The van der Waals surface area contributed by atoms with E-state index in [2.05, 4.69) is 25.2 Å². The van der Waals surface area contributed by atoms with Crippen molar-refractivity contribution in [3.63, 3.8) is 0 Å². The Balaban J connectivity index is 1.71. The summed E-state index contributed by atoms with van der Waals surface area (Å²) in [5.74, 6) is 0.612. The van der Waals surface area contributed by atoms with E-state index >= 15 is 0 Å². The maximum absolute atomic E-state index is 12.1. The van der Waals surface area contributed by atoms with E-state index in [4.69, 9.17) is 0 Å². The third-order valence-corrected chi connectivity index (χ3v) is 2.69. The SMILES string of the molecule is FC(F)(F)Oc1cccc(CNCCCc2ncn[nH]2)c1. The molecule has 8 heteroatoms. The molecule has 1 heterocycles. The third-order valence-electron chi connectivity index (χ3n) is 2.69. The maximum Gasteiger partial charge on any atom is 0.573 e. The minimum absolute atomic E-state index is 0.205. The third kappa shape index (κ3) is 5.82. The molecule has 5 nitrogen and oxygen atoms in total. The lowest BCUT2D eigenvalue weighted by molar-refractivity contribution is -0.274. The van der Waals surface area contributed by atoms with E-state index in [0.29, 0.717) is 6.54 Å². The van der Waals surface area contributed by atoms with E-state index in [0.717, 1.165) is 30.8 Å². The van der Waals surface area contributed by atoms with Crippen LogP contribution in [-0.4, -0.2) is 28.1 Å². The second-order valence-electron chi connectivity index (χ2n) is 4.41. The highest BCUT2D eigenvalue weighted by molar-refractivity contribution is 5.28. The van der Waals surface area contributed by atoms with E-state index in [1.807, 2.05) is 0 Å². The fourth-order valence-electron chi connectivity index (χ4n) is 1.82. The number of halogens is 3. The average molecular weight is 300 g/mol. The predicted molar refractivity (Wildman–Crippen MR) is 69.5 cm³/mol. The van der Waals surface area contributed by atoms with Crippen molar-refractivity contribution in [3.8, 4) is 5.75 Å². The van der Waals surface area contributed by atoms with E-state index < -0.39 is 6.36 Å². The number of nitrogens with zero attached hydrogens (tertiary/aromatic N) is 2. The van der Waals surface area contributed by atoms with E-state index in [1.165, 1.54) is 24.5 Å². The summed E-state index contributed by atoms with van der Waals surface area (Å²) in [7, 11) is 0. The van der Waals surface area contributed by atoms with Crippen molar-refractivity contribution in [3.05, 3.63) is 42.0 Å². The van der Waals surface area contributed by atoms with Gasteiger partial charge in [0.05, 0.1) is 0 Å². The first-order valence-corrected chi connectivity index (χ1v) is 6.42. The van der Waals surface area contributed by atoms with Gasteiger partial charge in [0, 0.05) is 13.0 Å². The number of H-pyrrole nitrogens is 1. The molecule has 0 radical (unpaired) electrons. The molecule has 114 valence electrons. The van der Waals surface area contributed by atoms with Crippen LogP contribution in [0, 0.1) is 0 Å². The molecule has 21 heavy (non-hydrogen) atoms. The highest BCUT2D eigenvalue weighted by Gasteiger charge is 2.31. The Morgan fingerprint density at radius 3 is 2.86 bits per heavy atom. The molecular formula is C13H15F3N4O. The van der Waals surface area contributed by atoms with Gasteiger partial charge < -0.3 is 10.1 Å². The van der Waals surface area contributed by atoms with Gasteiger partial charge in [-0.15, -0.1) is 13.2 Å². The fraction of sp³-hybridized carbons (Fsp3) is 0.385. The molecule has 1 aromatic heterocycles. The van der Waals surface area contributed by atoms with Crippen molar-refractivity contribution in [2.45, 2.75) is 25.7 Å². The molecule has 0 aliphatic rings. The van der Waals surface area contributed by atoms with Crippen LogP contribution in [0.5, 0.6) is 5.75 Å². The number of benzene rings is 1. The number of ether oxygens (including phenoxy) is 1. The van der Waals surface area contributed by atoms with Gasteiger partial charge in [0.2, 0.25) is 0 Å². The molecule has 0 bridgehead atoms. The van der Waals surface area contributed by atoms with Crippen LogP contribution in [-0.2, 0) is 13.0 Å². The second-order valence-corrected chi connectivity index (χ2v) is 4.41. The molecule has 0 fully saturated rings. The summed E-state index contributed by atoms with van der Waals surface area (Å²) in [6.45, 7) is 1.20. The Morgan fingerprint density at radius 2 is 2.14 bits per heavy atom. The molecule has 2 rings (SSSR count). The van der Waals surface area contributed by atoms with Crippen LogP contribution in [0.4, 0.5) is 13.2 Å². The molecule has 0 aliphatic carbocycles. The molecule has 0 amide bonds. The lowest BCUT2D eigenvalue weighted by atomic mass is 10.2. The lowest BCUT2D eigenvalue weighted by Gasteiger charge is -2.10. The molecule has 2 N–H and O–H groups in total. The van der Waals surface area contributed by atoms with Gasteiger partial charge in [-0.2, -0.15) is 5.10 Å². The number of hydrogen-bond acceptors (Lipinski definition) is 4. The van der Waals surface area contributed by atoms with Crippen LogP contribution in [0.3, 0.4) is 0 Å². The standard InChI is InChI=1S/C13H15F3N4O/c14-13(15,16)21-11-4-1-3-10(7-11)8-17-6-2-5-12-18-9-19-20-12/h1,3-4,7,9,17H,2,5-6,8H2,(H,18,19,20). The summed E-state index contributed by atoms with van der Waals surface area (Å²) in [6.07, 6.45) is -1.59. The number of nitrogens with one attached hydrogen (secondary N) is 2. The van der Waals surface area contributed by atoms with E-state index in [-0.39, 0.29) is 5.75 Å². The molecular weight excluding hydrogens is 285 g/mol. The van der Waals surface area contributed by atoms with Crippen LogP contribution in [0.1, 0.15) is 17.8 Å². The molecule has 0 saturated heterocycles. The van der Waals surface area contributed by atoms with Crippen molar-refractivity contribution in [2.75, 3.05) is 6.54 Å². The summed E-state index contributed by atoms with van der Waals surface area (Å²) in [5.41, 5.74) is 0.733. The monoisotopic (exact) mass is 300 g/mol. The highest BCUT2D eigenvalue weighted by Crippen LogP contribution is 2.23. The van der Waals surface area contributed by atoms with Gasteiger partial charge in [-0.25, -0.2) is 4.98 Å². The topological polar surface area (TPSA) is 62.8 Å². The van der Waals surface area contributed by atoms with Gasteiger partial charge >= 0.3 is 6.36 Å². The maximum atomic E-state index is 12.1. The fourth-order valence-corrected chi connectivity index (χ4v) is 1.82. The van der Waals surface area contributed by atoms with Gasteiger partial charge in [0.25, 0.3) is 0 Å². The van der Waals surface area contributed by atoms with Crippen molar-refractivity contribution in [2.24, 2.45) is 0 Å². The molecule has 1 aromatic carbocycles. The minimum Gasteiger partial charge on any atom is -0.406 e. The molecule has 2 aromatic rings. The van der Waals surface area contributed by atoms with Gasteiger partial charge in [0.1, 0.15) is 17.9 Å². The number of hydrogen-bond donors (Lipinski definition) is 2. The summed E-state index contributed by atoms with van der Waals surface area (Å²) < 4.78 is 40.2. The van der Waals surface area contributed by atoms with Gasteiger partial charge in [-0.05, 0) is 30.7 Å². The Bertz CT molecular complexity index is 543. The Morgan fingerprint density at radius 1 is 1.29 bits per heavy atom. The van der Waals surface area contributed by atoms with Gasteiger partial charge in [-0.3, -0.25) is 5.10 Å². The summed E-state index contributed by atoms with van der Waals surface area (Å²) in [5, 5.41) is 9.66. The summed E-state index contributed by atoms with van der Waals surface area (Å²) >= 11 is 0. The van der Waals surface area contributed by atoms with Gasteiger partial charge in [-0.1, -0.05) is 12.1 Å². The normalized spacial score (nSPS) is 11.6. The van der Waals surface area contributed by atoms with Crippen LogP contribution in [0.25, 0.3) is 0 Å². The highest BCUT2D eigenvalue weighted by atomic mass is 19.4. The minimum atomic E-state index is -4.66. The lowest BCUT2D eigenvalue weighted by Crippen LogP contribution is -2.18. The van der Waals surface area contributed by atoms with Crippen LogP contribution < -0.4 is 10.1 Å². The smallest absolute Gasteiger partial charge is 0.406 e. The second kappa shape index (κ2) is 7.07. The van der Waals surface area contributed by atoms with Crippen molar-refractivity contribution < 1.29 is 17.9 Å². The molecule has 0 aliphatic heterocycles. The Hall–Kier alpha value is -2.09. The molecule has 0 atom stereocenters. The number of aromatic amines is 1. The molecule has 0 spiro atoms. The van der Waals surface area contributed by atoms with E-state index in [9.17, 15) is 13.2 Å². The summed E-state index contributed by atoms with van der Waals surface area (Å²) in [4.78, 5) is 4.00. The number of aromatic nitrogens is 3. The van der Waals surface area contributed by atoms with Crippen LogP contribution in [0.15, 0.2) is 30.6 Å². The van der Waals surface area contributed by atoms with Crippen molar-refractivity contribution in [1.29, 1.82) is 0 Å². The zero-order chi connectivity index (χ0) is 15.1. The zero-order valence-corrected chi connectivity index (χ0v) is 11.2. The van der Waals surface area contributed by atoms with Crippen molar-refractivity contribution >= 4 is 0 Å². The number of rotatable bonds is 7. The largest absolute Gasteiger partial charge is 0.573 e. The van der Waals surface area contributed by atoms with Gasteiger partial charge in [0.15, 0.2) is 0 Å². The first-order valence-electron chi connectivity index (χ1n) is 6.42. The predicted octanol–water partition coefficient (Wildman–Crippen LogP) is 2.43. The van der Waals surface area contributed by atoms with Crippen LogP contribution >= 0.6 is 0 Å². The number of alkyl halides is 3. The average Bonchev–Trinajstić information content (AvgIpc) is 2.90. The van der Waals surface area contributed by atoms with Crippen molar-refractivity contribution in [1.82, 2.24) is 20.5 Å². The number of aryl methyl sites for hydroxylation is 1. The first kappa shape index (κ1) is 15.3. The summed E-state index contributed by atoms with van der Waals surface area (Å²) in [6, 6.07) is 5.93. The molecule has 0 saturated carbocycles. The van der Waals surface area contributed by atoms with Crippen LogP contribution in [0.2, 0.25) is 0 Å². The first-order chi connectivity index (χ1) is 10.0.